The first kappa shape index (κ1) is 14.2. The molecule has 0 heterocycles. The Morgan fingerprint density at radius 1 is 1.35 bits per heavy atom. The summed E-state index contributed by atoms with van der Waals surface area (Å²) in [6.07, 6.45) is 2.48. The maximum Gasteiger partial charge on any atom is 0.0231 e. The molecule has 0 saturated heterocycles. The van der Waals surface area contributed by atoms with E-state index < -0.39 is 0 Å². The van der Waals surface area contributed by atoms with Crippen LogP contribution in [-0.2, 0) is 6.54 Å². The molecule has 0 spiro atoms. The zero-order valence-electron chi connectivity index (χ0n) is 11.7. The molecule has 1 unspecified atom stereocenters. The first-order chi connectivity index (χ1) is 8.15. The highest BCUT2D eigenvalue weighted by atomic mass is 15.1. The van der Waals surface area contributed by atoms with Crippen LogP contribution < -0.4 is 5.32 Å². The van der Waals surface area contributed by atoms with Crippen molar-refractivity contribution in [3.63, 3.8) is 0 Å². The predicted molar refractivity (Wildman–Crippen MR) is 75.3 cm³/mol. The first-order valence-corrected chi connectivity index (χ1v) is 6.57. The fourth-order valence-electron chi connectivity index (χ4n) is 2.24. The zero-order valence-corrected chi connectivity index (χ0v) is 11.7. The van der Waals surface area contributed by atoms with Crippen LogP contribution in [0.4, 0.5) is 0 Å². The number of nitrogens with zero attached hydrogens (tertiary/aromatic N) is 1. The van der Waals surface area contributed by atoms with Crippen LogP contribution in [0.25, 0.3) is 0 Å². The Labute approximate surface area is 106 Å². The molecular weight excluding hydrogens is 208 g/mol. The van der Waals surface area contributed by atoms with Crippen LogP contribution in [-0.4, -0.2) is 31.6 Å². The number of rotatable bonds is 7. The number of hydrogen-bond acceptors (Lipinski definition) is 2. The summed E-state index contributed by atoms with van der Waals surface area (Å²) >= 11 is 0. The summed E-state index contributed by atoms with van der Waals surface area (Å²) in [5, 5.41) is 3.39. The van der Waals surface area contributed by atoms with E-state index in [1.54, 1.807) is 0 Å². The highest BCUT2D eigenvalue weighted by Crippen LogP contribution is 2.07. The summed E-state index contributed by atoms with van der Waals surface area (Å²) in [5.41, 5.74) is 2.74. The van der Waals surface area contributed by atoms with Crippen molar-refractivity contribution < 1.29 is 0 Å². The molecule has 1 aromatic carbocycles. The largest absolute Gasteiger partial charge is 0.316 e. The second kappa shape index (κ2) is 7.46. The van der Waals surface area contributed by atoms with Crippen LogP contribution in [0.15, 0.2) is 24.3 Å². The highest BCUT2D eigenvalue weighted by Gasteiger charge is 2.08. The molecule has 1 atom stereocenters. The molecule has 2 nitrogen and oxygen atoms in total. The molecule has 0 aromatic heterocycles. The van der Waals surface area contributed by atoms with Gasteiger partial charge in [0.05, 0.1) is 0 Å². The molecular formula is C15H26N2. The van der Waals surface area contributed by atoms with E-state index in [1.807, 2.05) is 0 Å². The van der Waals surface area contributed by atoms with Crippen LogP contribution in [0.2, 0.25) is 0 Å². The number of aryl methyl sites for hydroxylation is 1. The normalized spacial score (nSPS) is 13.0. The van der Waals surface area contributed by atoms with Crippen LogP contribution in [0, 0.1) is 6.92 Å². The van der Waals surface area contributed by atoms with Gasteiger partial charge in [-0.3, -0.25) is 0 Å². The lowest BCUT2D eigenvalue weighted by atomic mass is 10.1. The SMILES string of the molecule is CCCC(CN(C)Cc1cccc(C)c1)NC. The third kappa shape index (κ3) is 5.33. The topological polar surface area (TPSA) is 15.3 Å². The van der Waals surface area contributed by atoms with Crippen molar-refractivity contribution >= 4 is 0 Å². The smallest absolute Gasteiger partial charge is 0.0231 e. The standard InChI is InChI=1S/C15H26N2/c1-5-7-15(16-3)12-17(4)11-14-9-6-8-13(2)10-14/h6,8-10,15-16H,5,7,11-12H2,1-4H3. The van der Waals surface area contributed by atoms with Gasteiger partial charge in [-0.25, -0.2) is 0 Å². The number of likely N-dealkylation sites (N-methyl/N-ethyl adjacent to an activating group) is 2. The number of benzene rings is 1. The molecule has 0 saturated carbocycles. The summed E-state index contributed by atoms with van der Waals surface area (Å²) in [6.45, 7) is 6.53. The van der Waals surface area contributed by atoms with Gasteiger partial charge in [-0.05, 0) is 33.0 Å². The summed E-state index contributed by atoms with van der Waals surface area (Å²) in [7, 11) is 4.25. The predicted octanol–water partition coefficient (Wildman–Crippen LogP) is 2.81. The molecule has 0 bridgehead atoms. The van der Waals surface area contributed by atoms with E-state index in [0.29, 0.717) is 6.04 Å². The molecule has 0 amide bonds. The molecule has 96 valence electrons. The molecule has 0 fully saturated rings. The summed E-state index contributed by atoms with van der Waals surface area (Å²) in [6, 6.07) is 9.37. The Morgan fingerprint density at radius 2 is 2.12 bits per heavy atom. The fourth-order valence-corrected chi connectivity index (χ4v) is 2.24. The first-order valence-electron chi connectivity index (χ1n) is 6.57. The molecule has 0 aliphatic rings. The van der Waals surface area contributed by atoms with Gasteiger partial charge in [0.1, 0.15) is 0 Å². The third-order valence-corrected chi connectivity index (χ3v) is 3.11. The van der Waals surface area contributed by atoms with Crippen LogP contribution in [0.1, 0.15) is 30.9 Å². The Bertz CT molecular complexity index is 322. The van der Waals surface area contributed by atoms with Crippen molar-refractivity contribution in [1.82, 2.24) is 10.2 Å². The van der Waals surface area contributed by atoms with Gasteiger partial charge in [0, 0.05) is 19.1 Å². The maximum absolute atomic E-state index is 3.39. The van der Waals surface area contributed by atoms with Gasteiger partial charge in [-0.2, -0.15) is 0 Å². The lowest BCUT2D eigenvalue weighted by molar-refractivity contribution is 0.280. The summed E-state index contributed by atoms with van der Waals surface area (Å²) < 4.78 is 0. The quantitative estimate of drug-likeness (QED) is 0.780. The van der Waals surface area contributed by atoms with Gasteiger partial charge in [0.15, 0.2) is 0 Å². The minimum atomic E-state index is 0.606. The fraction of sp³-hybridized carbons (Fsp3) is 0.600. The Kier molecular flexibility index (Phi) is 6.23. The van der Waals surface area contributed by atoms with Crippen molar-refractivity contribution in [2.45, 2.75) is 39.3 Å². The second-order valence-corrected chi connectivity index (χ2v) is 4.96. The molecule has 17 heavy (non-hydrogen) atoms. The van der Waals surface area contributed by atoms with Crippen LogP contribution >= 0.6 is 0 Å². The monoisotopic (exact) mass is 234 g/mol. The molecule has 0 aliphatic carbocycles. The van der Waals surface area contributed by atoms with Gasteiger partial charge in [-0.15, -0.1) is 0 Å². The summed E-state index contributed by atoms with van der Waals surface area (Å²) in [4.78, 5) is 2.39. The minimum absolute atomic E-state index is 0.606. The minimum Gasteiger partial charge on any atom is -0.316 e. The number of hydrogen-bond donors (Lipinski definition) is 1. The van der Waals surface area contributed by atoms with E-state index in [4.69, 9.17) is 0 Å². The van der Waals surface area contributed by atoms with E-state index in [1.165, 1.54) is 24.0 Å². The average Bonchev–Trinajstić information content (AvgIpc) is 2.28. The van der Waals surface area contributed by atoms with Crippen molar-refractivity contribution in [2.75, 3.05) is 20.6 Å². The van der Waals surface area contributed by atoms with E-state index in [-0.39, 0.29) is 0 Å². The lowest BCUT2D eigenvalue weighted by Crippen LogP contribution is -2.37. The second-order valence-electron chi connectivity index (χ2n) is 4.96. The molecule has 2 heteroatoms. The van der Waals surface area contributed by atoms with E-state index in [2.05, 4.69) is 62.4 Å². The molecule has 1 N–H and O–H groups in total. The lowest BCUT2D eigenvalue weighted by Gasteiger charge is -2.23. The van der Waals surface area contributed by atoms with Crippen molar-refractivity contribution in [3.05, 3.63) is 35.4 Å². The van der Waals surface area contributed by atoms with Gasteiger partial charge in [0.25, 0.3) is 0 Å². The van der Waals surface area contributed by atoms with E-state index in [9.17, 15) is 0 Å². The Hall–Kier alpha value is -0.860. The molecule has 1 rings (SSSR count). The molecule has 1 aromatic rings. The van der Waals surface area contributed by atoms with Crippen LogP contribution in [0.5, 0.6) is 0 Å². The van der Waals surface area contributed by atoms with Gasteiger partial charge < -0.3 is 10.2 Å². The van der Waals surface area contributed by atoms with Gasteiger partial charge in [0.2, 0.25) is 0 Å². The van der Waals surface area contributed by atoms with Crippen molar-refractivity contribution in [3.8, 4) is 0 Å². The third-order valence-electron chi connectivity index (χ3n) is 3.11. The number of nitrogens with one attached hydrogen (secondary N) is 1. The van der Waals surface area contributed by atoms with Crippen LogP contribution in [0.3, 0.4) is 0 Å². The van der Waals surface area contributed by atoms with Crippen molar-refractivity contribution in [1.29, 1.82) is 0 Å². The highest BCUT2D eigenvalue weighted by molar-refractivity contribution is 5.21. The summed E-state index contributed by atoms with van der Waals surface area (Å²) in [5.74, 6) is 0. The molecule has 0 aliphatic heterocycles. The van der Waals surface area contributed by atoms with Gasteiger partial charge in [-0.1, -0.05) is 43.2 Å². The van der Waals surface area contributed by atoms with E-state index in [0.717, 1.165) is 13.1 Å². The van der Waals surface area contributed by atoms with Crippen molar-refractivity contribution in [2.24, 2.45) is 0 Å². The zero-order chi connectivity index (χ0) is 12.7. The Balaban J connectivity index is 2.45. The molecule has 0 radical (unpaired) electrons. The Morgan fingerprint density at radius 3 is 2.71 bits per heavy atom. The maximum atomic E-state index is 3.39. The van der Waals surface area contributed by atoms with Gasteiger partial charge >= 0.3 is 0 Å². The average molecular weight is 234 g/mol. The van der Waals surface area contributed by atoms with E-state index >= 15 is 0 Å².